The van der Waals surface area contributed by atoms with Gasteiger partial charge in [0.2, 0.25) is 0 Å². The van der Waals surface area contributed by atoms with Crippen molar-refractivity contribution in [3.8, 4) is 0 Å². The molecule has 1 aromatic carbocycles. The zero-order valence-electron chi connectivity index (χ0n) is 10.3. The van der Waals surface area contributed by atoms with Crippen LogP contribution in [0.3, 0.4) is 0 Å². The molecule has 0 saturated heterocycles. The fourth-order valence-corrected chi connectivity index (χ4v) is 2.93. The predicted molar refractivity (Wildman–Crippen MR) is 76.6 cm³/mol. The van der Waals surface area contributed by atoms with Crippen LogP contribution in [0.4, 0.5) is 15.6 Å². The fraction of sp³-hybridized carbons (Fsp3) is 0.231. The van der Waals surface area contributed by atoms with E-state index in [2.05, 4.69) is 20.9 Å². The first-order valence-electron chi connectivity index (χ1n) is 6.13. The molecule has 0 aliphatic carbocycles. The number of para-hydroxylation sites is 1. The standard InChI is InChI=1S/C13H14N4OS/c18-12(15-9-4-2-1-3-5-9)17-13-16-10-6-7-14-8-11(10)19-13/h1-5,14H,6-8H2,(H2,15,16,17,18). The normalized spacial score (nSPS) is 13.7. The van der Waals surface area contributed by atoms with Crippen molar-refractivity contribution < 1.29 is 4.79 Å². The van der Waals surface area contributed by atoms with Gasteiger partial charge in [-0.15, -0.1) is 11.3 Å². The first-order valence-corrected chi connectivity index (χ1v) is 6.95. The molecule has 0 spiro atoms. The summed E-state index contributed by atoms with van der Waals surface area (Å²) in [7, 11) is 0. The van der Waals surface area contributed by atoms with Crippen LogP contribution in [0, 0.1) is 0 Å². The number of hydrogen-bond acceptors (Lipinski definition) is 4. The third-order valence-corrected chi connectivity index (χ3v) is 3.87. The van der Waals surface area contributed by atoms with Gasteiger partial charge in [-0.1, -0.05) is 18.2 Å². The van der Waals surface area contributed by atoms with Crippen LogP contribution in [0.25, 0.3) is 0 Å². The molecule has 0 atom stereocenters. The molecule has 3 N–H and O–H groups in total. The number of carbonyl (C=O) groups is 1. The number of benzene rings is 1. The lowest BCUT2D eigenvalue weighted by Crippen LogP contribution is -2.22. The predicted octanol–water partition coefficient (Wildman–Crippen LogP) is 2.43. The molecule has 2 amide bonds. The van der Waals surface area contributed by atoms with Crippen molar-refractivity contribution in [2.45, 2.75) is 13.0 Å². The number of aromatic nitrogens is 1. The van der Waals surface area contributed by atoms with Gasteiger partial charge in [-0.05, 0) is 12.1 Å². The summed E-state index contributed by atoms with van der Waals surface area (Å²) in [6.45, 7) is 1.79. The Labute approximate surface area is 115 Å². The van der Waals surface area contributed by atoms with Gasteiger partial charge in [0.15, 0.2) is 5.13 Å². The van der Waals surface area contributed by atoms with Crippen LogP contribution in [-0.2, 0) is 13.0 Å². The number of hydrogen-bond donors (Lipinski definition) is 3. The Hall–Kier alpha value is -1.92. The van der Waals surface area contributed by atoms with Gasteiger partial charge in [0.05, 0.1) is 5.69 Å². The van der Waals surface area contributed by atoms with E-state index in [0.717, 1.165) is 30.9 Å². The monoisotopic (exact) mass is 274 g/mol. The van der Waals surface area contributed by atoms with Crippen molar-refractivity contribution in [3.63, 3.8) is 0 Å². The summed E-state index contributed by atoms with van der Waals surface area (Å²) >= 11 is 1.53. The lowest BCUT2D eigenvalue weighted by molar-refractivity contribution is 0.262. The van der Waals surface area contributed by atoms with Crippen LogP contribution in [0.5, 0.6) is 0 Å². The smallest absolute Gasteiger partial charge is 0.311 e. The number of rotatable bonds is 2. The largest absolute Gasteiger partial charge is 0.325 e. The Balaban J connectivity index is 1.65. The van der Waals surface area contributed by atoms with E-state index in [1.54, 1.807) is 0 Å². The van der Waals surface area contributed by atoms with Gasteiger partial charge in [0.25, 0.3) is 0 Å². The lowest BCUT2D eigenvalue weighted by atomic mass is 10.2. The minimum atomic E-state index is -0.259. The summed E-state index contributed by atoms with van der Waals surface area (Å²) in [4.78, 5) is 17.5. The zero-order chi connectivity index (χ0) is 13.1. The van der Waals surface area contributed by atoms with Crippen LogP contribution < -0.4 is 16.0 Å². The summed E-state index contributed by atoms with van der Waals surface area (Å²) in [5.74, 6) is 0. The first-order chi connectivity index (χ1) is 9.31. The minimum Gasteiger partial charge on any atom is -0.311 e. The molecule has 0 bridgehead atoms. The minimum absolute atomic E-state index is 0.259. The SMILES string of the molecule is O=C(Nc1ccccc1)Nc1nc2c(s1)CNCC2. The Morgan fingerprint density at radius 3 is 2.89 bits per heavy atom. The van der Waals surface area contributed by atoms with E-state index in [0.29, 0.717) is 5.13 Å². The van der Waals surface area contributed by atoms with E-state index in [4.69, 9.17) is 0 Å². The highest BCUT2D eigenvalue weighted by Crippen LogP contribution is 2.25. The number of thiazole rings is 1. The summed E-state index contributed by atoms with van der Waals surface area (Å²) in [6.07, 6.45) is 0.924. The molecule has 1 aliphatic heterocycles. The van der Waals surface area contributed by atoms with Crippen LogP contribution in [0.15, 0.2) is 30.3 Å². The molecule has 5 nitrogen and oxygen atoms in total. The van der Waals surface area contributed by atoms with Gasteiger partial charge >= 0.3 is 6.03 Å². The van der Waals surface area contributed by atoms with Gasteiger partial charge in [0, 0.05) is 30.1 Å². The second-order valence-electron chi connectivity index (χ2n) is 4.26. The molecule has 1 aliphatic rings. The molecule has 19 heavy (non-hydrogen) atoms. The van der Waals surface area contributed by atoms with Crippen LogP contribution in [-0.4, -0.2) is 17.6 Å². The van der Waals surface area contributed by atoms with Gasteiger partial charge < -0.3 is 10.6 Å². The number of fused-ring (bicyclic) bond motifs is 1. The molecule has 0 saturated carbocycles. The van der Waals surface area contributed by atoms with Crippen LogP contribution >= 0.6 is 11.3 Å². The average molecular weight is 274 g/mol. The third-order valence-electron chi connectivity index (χ3n) is 2.85. The molecule has 3 rings (SSSR count). The van der Waals surface area contributed by atoms with E-state index in [1.165, 1.54) is 16.2 Å². The molecule has 0 fully saturated rings. The Bertz CT molecular complexity index is 558. The molecular formula is C13H14N4OS. The average Bonchev–Trinajstić information content (AvgIpc) is 2.81. The van der Waals surface area contributed by atoms with Crippen molar-refractivity contribution in [1.29, 1.82) is 0 Å². The summed E-state index contributed by atoms with van der Waals surface area (Å²) in [6, 6.07) is 9.09. The van der Waals surface area contributed by atoms with Gasteiger partial charge in [-0.2, -0.15) is 0 Å². The molecule has 0 radical (unpaired) electrons. The van der Waals surface area contributed by atoms with Gasteiger partial charge in [0.1, 0.15) is 0 Å². The second kappa shape index (κ2) is 5.38. The first kappa shape index (κ1) is 12.1. The zero-order valence-corrected chi connectivity index (χ0v) is 11.1. The molecular weight excluding hydrogens is 260 g/mol. The van der Waals surface area contributed by atoms with E-state index in [9.17, 15) is 4.79 Å². The number of urea groups is 1. The number of nitrogens with zero attached hydrogens (tertiary/aromatic N) is 1. The van der Waals surface area contributed by atoms with Crippen molar-refractivity contribution >= 4 is 28.2 Å². The lowest BCUT2D eigenvalue weighted by Gasteiger charge is -2.09. The number of amides is 2. The van der Waals surface area contributed by atoms with Crippen LogP contribution in [0.1, 0.15) is 10.6 Å². The van der Waals surface area contributed by atoms with Crippen molar-refractivity contribution in [2.24, 2.45) is 0 Å². The van der Waals surface area contributed by atoms with Crippen molar-refractivity contribution in [2.75, 3.05) is 17.2 Å². The van der Waals surface area contributed by atoms with Crippen molar-refractivity contribution in [3.05, 3.63) is 40.9 Å². The maximum atomic E-state index is 11.8. The van der Waals surface area contributed by atoms with E-state index in [1.807, 2.05) is 30.3 Å². The van der Waals surface area contributed by atoms with E-state index < -0.39 is 0 Å². The number of carbonyl (C=O) groups excluding carboxylic acids is 1. The molecule has 6 heteroatoms. The number of anilines is 2. The summed E-state index contributed by atoms with van der Waals surface area (Å²) in [5, 5.41) is 9.49. The highest BCUT2D eigenvalue weighted by atomic mass is 32.1. The molecule has 1 aromatic heterocycles. The summed E-state index contributed by atoms with van der Waals surface area (Å²) in [5.41, 5.74) is 1.86. The highest BCUT2D eigenvalue weighted by molar-refractivity contribution is 7.15. The third kappa shape index (κ3) is 2.91. The number of nitrogens with one attached hydrogen (secondary N) is 3. The maximum Gasteiger partial charge on any atom is 0.325 e. The highest BCUT2D eigenvalue weighted by Gasteiger charge is 2.15. The second-order valence-corrected chi connectivity index (χ2v) is 5.34. The molecule has 0 unspecified atom stereocenters. The van der Waals surface area contributed by atoms with Gasteiger partial charge in [-0.25, -0.2) is 9.78 Å². The molecule has 2 heterocycles. The molecule has 2 aromatic rings. The van der Waals surface area contributed by atoms with E-state index in [-0.39, 0.29) is 6.03 Å². The van der Waals surface area contributed by atoms with Gasteiger partial charge in [-0.3, -0.25) is 5.32 Å². The van der Waals surface area contributed by atoms with E-state index >= 15 is 0 Å². The topological polar surface area (TPSA) is 66.0 Å². The Morgan fingerprint density at radius 2 is 2.11 bits per heavy atom. The van der Waals surface area contributed by atoms with Crippen molar-refractivity contribution in [1.82, 2.24) is 10.3 Å². The maximum absolute atomic E-state index is 11.8. The fourth-order valence-electron chi connectivity index (χ4n) is 1.96. The Morgan fingerprint density at radius 1 is 1.26 bits per heavy atom. The molecule has 98 valence electrons. The quantitative estimate of drug-likeness (QED) is 0.788. The van der Waals surface area contributed by atoms with Crippen LogP contribution in [0.2, 0.25) is 0 Å². The summed E-state index contributed by atoms with van der Waals surface area (Å²) < 4.78 is 0. The Kier molecular flexibility index (Phi) is 3.43.